The van der Waals surface area contributed by atoms with Crippen molar-refractivity contribution in [3.63, 3.8) is 0 Å². The molecule has 0 spiro atoms. The average molecular weight is 474 g/mol. The first-order valence-electron chi connectivity index (χ1n) is 9.68. The maximum Gasteiger partial charge on any atom is 0.301 e. The lowest BCUT2D eigenvalue weighted by Gasteiger charge is -1.99. The van der Waals surface area contributed by atoms with Gasteiger partial charge in [0.2, 0.25) is 16.2 Å². The number of aromatic nitrogens is 4. The molecule has 0 atom stereocenters. The normalized spacial score (nSPS) is 11.3. The van der Waals surface area contributed by atoms with Crippen LogP contribution in [0.1, 0.15) is 10.4 Å². The van der Waals surface area contributed by atoms with E-state index in [-0.39, 0.29) is 11.2 Å². The molecule has 0 aliphatic heterocycles. The second-order valence-corrected chi connectivity index (χ2v) is 8.52. The van der Waals surface area contributed by atoms with Crippen LogP contribution in [0.5, 0.6) is 0 Å². The largest absolute Gasteiger partial charge is 0.366 e. The first-order valence-corrected chi connectivity index (χ1v) is 11.4. The van der Waals surface area contributed by atoms with Crippen molar-refractivity contribution < 1.29 is 4.79 Å². The van der Waals surface area contributed by atoms with Gasteiger partial charge < -0.3 is 5.73 Å². The second kappa shape index (κ2) is 8.73. The Morgan fingerprint density at radius 1 is 1.00 bits per heavy atom. The van der Waals surface area contributed by atoms with E-state index in [1.54, 1.807) is 35.8 Å². The summed E-state index contributed by atoms with van der Waals surface area (Å²) in [6.45, 7) is 0. The van der Waals surface area contributed by atoms with Gasteiger partial charge >= 0.3 is 5.56 Å². The molecule has 0 saturated heterocycles. The molecule has 0 radical (unpaired) electrons. The predicted molar refractivity (Wildman–Crippen MR) is 128 cm³/mol. The summed E-state index contributed by atoms with van der Waals surface area (Å²) in [7, 11) is 0. The molecule has 0 bridgehead atoms. The van der Waals surface area contributed by atoms with E-state index < -0.39 is 5.91 Å². The molecule has 0 aliphatic carbocycles. The van der Waals surface area contributed by atoms with Crippen molar-refractivity contribution in [3.05, 3.63) is 87.5 Å². The van der Waals surface area contributed by atoms with Gasteiger partial charge in [0, 0.05) is 33.6 Å². The summed E-state index contributed by atoms with van der Waals surface area (Å²) in [5, 5.41) is 16.0. The number of carbonyl (C=O) groups excluding carboxylic acids is 1. The van der Waals surface area contributed by atoms with Crippen molar-refractivity contribution in [2.45, 2.75) is 0 Å². The van der Waals surface area contributed by atoms with Gasteiger partial charge in [-0.1, -0.05) is 42.5 Å². The molecular weight excluding hydrogens is 458 g/mol. The monoisotopic (exact) mass is 473 g/mol. The van der Waals surface area contributed by atoms with Crippen LogP contribution in [0.25, 0.3) is 27.6 Å². The number of carbonyl (C=O) groups is 1. The molecule has 3 N–H and O–H groups in total. The van der Waals surface area contributed by atoms with E-state index in [9.17, 15) is 9.59 Å². The number of thiazole rings is 2. The number of hydrogen-bond acceptors (Lipinski definition) is 8. The first-order chi connectivity index (χ1) is 16.1. The number of benzene rings is 2. The van der Waals surface area contributed by atoms with Crippen LogP contribution >= 0.6 is 22.7 Å². The zero-order chi connectivity index (χ0) is 22.8. The molecule has 2 aromatic carbocycles. The van der Waals surface area contributed by atoms with Gasteiger partial charge in [-0.05, 0) is 12.1 Å². The van der Waals surface area contributed by atoms with Gasteiger partial charge in [0.15, 0.2) is 5.69 Å². The summed E-state index contributed by atoms with van der Waals surface area (Å²) < 4.78 is 1.35. The predicted octanol–water partition coefficient (Wildman–Crippen LogP) is 4.93. The van der Waals surface area contributed by atoms with Crippen LogP contribution in [0.3, 0.4) is 0 Å². The zero-order valence-corrected chi connectivity index (χ0v) is 18.5. The number of azo groups is 1. The molecule has 5 rings (SSSR count). The van der Waals surface area contributed by atoms with Gasteiger partial charge in [0.05, 0.1) is 11.4 Å². The number of nitrogens with zero attached hydrogens (tertiary/aromatic N) is 5. The molecule has 3 heterocycles. The fourth-order valence-corrected chi connectivity index (χ4v) is 4.37. The summed E-state index contributed by atoms with van der Waals surface area (Å²) in [5.74, 6) is -0.494. The Morgan fingerprint density at radius 3 is 2.48 bits per heavy atom. The quantitative estimate of drug-likeness (QED) is 0.339. The maximum absolute atomic E-state index is 13.3. The van der Waals surface area contributed by atoms with Crippen LogP contribution in [0.15, 0.2) is 86.6 Å². The number of rotatable bonds is 6. The van der Waals surface area contributed by atoms with Crippen LogP contribution in [-0.4, -0.2) is 25.7 Å². The molecule has 11 heteroatoms. The van der Waals surface area contributed by atoms with Crippen molar-refractivity contribution in [1.82, 2.24) is 19.7 Å². The van der Waals surface area contributed by atoms with E-state index in [4.69, 9.17) is 5.73 Å². The average Bonchev–Trinajstić information content (AvgIpc) is 3.59. The minimum Gasteiger partial charge on any atom is -0.366 e. The molecule has 5 aromatic rings. The summed E-state index contributed by atoms with van der Waals surface area (Å²) in [4.78, 5) is 33.2. The van der Waals surface area contributed by atoms with E-state index in [1.807, 2.05) is 35.7 Å². The standard InChI is InChI=1S/C22H15N7O2S2/c23-19(30)15-8-6-13(7-9-15)16-12-33-22(25-16)29-20(31)18(26-27-21-24-10-11-32-21)17(28-29)14-4-2-1-3-5-14/h1-12,28H,(H2,23,30). The second-order valence-electron chi connectivity index (χ2n) is 6.81. The SMILES string of the molecule is NC(=O)c1ccc(-c2csc(-n3[nH]c(-c4ccccc4)c(N=Nc4nccs4)c3=O)n2)cc1. The Bertz CT molecular complexity index is 1500. The molecule has 33 heavy (non-hydrogen) atoms. The van der Waals surface area contributed by atoms with Crippen molar-refractivity contribution in [2.24, 2.45) is 16.0 Å². The van der Waals surface area contributed by atoms with Gasteiger partial charge in [0.25, 0.3) is 0 Å². The number of primary amides is 1. The van der Waals surface area contributed by atoms with Crippen LogP contribution in [0, 0.1) is 0 Å². The summed E-state index contributed by atoms with van der Waals surface area (Å²) >= 11 is 2.63. The lowest BCUT2D eigenvalue weighted by Crippen LogP contribution is -2.13. The summed E-state index contributed by atoms with van der Waals surface area (Å²) in [6, 6.07) is 16.2. The van der Waals surface area contributed by atoms with Gasteiger partial charge in [-0.15, -0.1) is 32.9 Å². The Kier molecular flexibility index (Phi) is 5.47. The fourth-order valence-electron chi connectivity index (χ4n) is 3.12. The first kappa shape index (κ1) is 20.7. The molecule has 0 unspecified atom stereocenters. The highest BCUT2D eigenvalue weighted by atomic mass is 32.1. The Balaban J connectivity index is 1.56. The Hall–Kier alpha value is -4.22. The van der Waals surface area contributed by atoms with Crippen LogP contribution in [0.2, 0.25) is 0 Å². The van der Waals surface area contributed by atoms with E-state index in [0.29, 0.717) is 27.2 Å². The smallest absolute Gasteiger partial charge is 0.301 e. The number of nitrogens with one attached hydrogen (secondary N) is 1. The third kappa shape index (κ3) is 4.14. The third-order valence-electron chi connectivity index (χ3n) is 4.73. The van der Waals surface area contributed by atoms with Crippen molar-refractivity contribution in [3.8, 4) is 27.6 Å². The van der Waals surface area contributed by atoms with Crippen LogP contribution in [-0.2, 0) is 0 Å². The van der Waals surface area contributed by atoms with Gasteiger partial charge in [-0.25, -0.2) is 9.97 Å². The van der Waals surface area contributed by atoms with Gasteiger partial charge in [-0.3, -0.25) is 14.7 Å². The van der Waals surface area contributed by atoms with Crippen LogP contribution in [0.4, 0.5) is 10.8 Å². The molecule has 162 valence electrons. The van der Waals surface area contributed by atoms with Gasteiger partial charge in [0.1, 0.15) is 0 Å². The number of aromatic amines is 1. The molecule has 0 saturated carbocycles. The zero-order valence-electron chi connectivity index (χ0n) is 16.9. The molecule has 9 nitrogen and oxygen atoms in total. The van der Waals surface area contributed by atoms with E-state index in [2.05, 4.69) is 25.3 Å². The Labute approximate surface area is 194 Å². The third-order valence-corrected chi connectivity index (χ3v) is 6.21. The number of amides is 1. The highest BCUT2D eigenvalue weighted by Crippen LogP contribution is 2.30. The number of hydrogen-bond donors (Lipinski definition) is 2. The highest BCUT2D eigenvalue weighted by molar-refractivity contribution is 7.13. The van der Waals surface area contributed by atoms with E-state index >= 15 is 0 Å². The van der Waals surface area contributed by atoms with Crippen LogP contribution < -0.4 is 11.3 Å². The van der Waals surface area contributed by atoms with Crippen molar-refractivity contribution in [2.75, 3.05) is 0 Å². The number of H-pyrrole nitrogens is 1. The summed E-state index contributed by atoms with van der Waals surface area (Å²) in [6.07, 6.45) is 1.62. The highest BCUT2D eigenvalue weighted by Gasteiger charge is 2.19. The maximum atomic E-state index is 13.3. The lowest BCUT2D eigenvalue weighted by molar-refractivity contribution is 0.100. The van der Waals surface area contributed by atoms with Crippen molar-refractivity contribution >= 4 is 39.4 Å². The number of nitrogens with two attached hydrogens (primary N) is 1. The van der Waals surface area contributed by atoms with E-state index in [0.717, 1.165) is 11.1 Å². The molecule has 1 amide bonds. The molecule has 3 aromatic heterocycles. The minimum absolute atomic E-state index is 0.166. The van der Waals surface area contributed by atoms with Crippen molar-refractivity contribution in [1.29, 1.82) is 0 Å². The summed E-state index contributed by atoms with van der Waals surface area (Å²) in [5.41, 5.74) is 8.30. The minimum atomic E-state index is -0.494. The molecular formula is C22H15N7O2S2. The van der Waals surface area contributed by atoms with E-state index in [1.165, 1.54) is 27.4 Å². The fraction of sp³-hybridized carbons (Fsp3) is 0. The Morgan fingerprint density at radius 2 is 1.79 bits per heavy atom. The van der Waals surface area contributed by atoms with Gasteiger partial charge in [-0.2, -0.15) is 4.68 Å². The topological polar surface area (TPSA) is 131 Å². The molecule has 0 aliphatic rings. The molecule has 0 fully saturated rings. The lowest BCUT2D eigenvalue weighted by atomic mass is 10.1.